The molecule has 4 N–H and O–H groups in total. The summed E-state index contributed by atoms with van der Waals surface area (Å²) in [5.41, 5.74) is 4.31. The zero-order valence-electron chi connectivity index (χ0n) is 19.3. The van der Waals surface area contributed by atoms with Crippen LogP contribution in [0.25, 0.3) is 16.4 Å². The fraction of sp³-hybridized carbons (Fsp3) is 0.400. The fourth-order valence-corrected chi connectivity index (χ4v) is 4.27. The highest BCUT2D eigenvalue weighted by Crippen LogP contribution is 2.22. The zero-order valence-corrected chi connectivity index (χ0v) is 19.3. The van der Waals surface area contributed by atoms with Crippen molar-refractivity contribution in [2.75, 3.05) is 36.8 Å². The van der Waals surface area contributed by atoms with Gasteiger partial charge in [0.05, 0.1) is 17.6 Å². The van der Waals surface area contributed by atoms with Gasteiger partial charge >= 0.3 is 0 Å². The van der Waals surface area contributed by atoms with Crippen LogP contribution in [0.1, 0.15) is 48.4 Å². The first-order valence-electron chi connectivity index (χ1n) is 11.7. The third-order valence-electron chi connectivity index (χ3n) is 6.15. The minimum atomic E-state index is -0.234. The van der Waals surface area contributed by atoms with E-state index in [4.69, 9.17) is 4.98 Å². The summed E-state index contributed by atoms with van der Waals surface area (Å²) >= 11 is 0. The molecule has 2 aromatic carbocycles. The number of nitrogens with one attached hydrogen (secondary N) is 4. The molecule has 0 spiro atoms. The van der Waals surface area contributed by atoms with Crippen molar-refractivity contribution >= 4 is 34.5 Å². The van der Waals surface area contributed by atoms with Gasteiger partial charge in [-0.1, -0.05) is 6.92 Å². The average Bonchev–Trinajstić information content (AvgIpc) is 3.41. The topological polar surface area (TPSA) is 107 Å². The maximum atomic E-state index is 12.8. The number of hydrogen-bond donors (Lipinski definition) is 4. The van der Waals surface area contributed by atoms with Crippen LogP contribution in [0.3, 0.4) is 0 Å². The molecule has 8 heteroatoms. The standard InChI is InChI=1S/C25H32N7O/c1-3-27-10-11-28-21-8-6-18(13-19(21)15-26)25(33)29-20-7-9-22-23(14-20)31-24(30-22)16-32-12-4-5-17(32)2/h6-9,13-15,17,27-28H,3-5,10-12,16H2,1-2H3,(H,29,33)(H,30,31)/q-1/t17-/m0/s1. The number of benzene rings is 2. The van der Waals surface area contributed by atoms with Crippen LogP contribution in [0.15, 0.2) is 36.4 Å². The van der Waals surface area contributed by atoms with Gasteiger partial charge < -0.3 is 26.3 Å². The Morgan fingerprint density at radius 2 is 2.15 bits per heavy atom. The highest BCUT2D eigenvalue weighted by atomic mass is 16.1. The van der Waals surface area contributed by atoms with Gasteiger partial charge in [0.2, 0.25) is 0 Å². The van der Waals surface area contributed by atoms with E-state index in [-0.39, 0.29) is 5.91 Å². The molecular weight excluding hydrogens is 414 g/mol. The van der Waals surface area contributed by atoms with Crippen LogP contribution < -0.4 is 16.0 Å². The van der Waals surface area contributed by atoms with Crippen LogP contribution >= 0.6 is 0 Å². The third kappa shape index (κ3) is 5.58. The van der Waals surface area contributed by atoms with Gasteiger partial charge in [-0.05, 0) is 74.8 Å². The predicted molar refractivity (Wildman–Crippen MR) is 135 cm³/mol. The van der Waals surface area contributed by atoms with E-state index in [1.165, 1.54) is 12.8 Å². The van der Waals surface area contributed by atoms with E-state index in [2.05, 4.69) is 39.7 Å². The Morgan fingerprint density at radius 1 is 1.27 bits per heavy atom. The number of likely N-dealkylation sites (tertiary alicyclic amines) is 1. The van der Waals surface area contributed by atoms with Gasteiger partial charge in [0.1, 0.15) is 5.82 Å². The SMILES string of the molecule is CCNCCNc1ccc(C(=O)Nc2ccc3nc(CN4CCC[C@@H]4C)[nH]c3c2)cc1C=[N-]. The van der Waals surface area contributed by atoms with E-state index >= 15 is 0 Å². The van der Waals surface area contributed by atoms with Gasteiger partial charge in [-0.3, -0.25) is 9.69 Å². The number of aromatic amines is 1. The predicted octanol–water partition coefficient (Wildman–Crippen LogP) is 3.81. The molecule has 33 heavy (non-hydrogen) atoms. The summed E-state index contributed by atoms with van der Waals surface area (Å²) in [5.74, 6) is 0.713. The molecule has 1 atom stereocenters. The molecule has 1 fully saturated rings. The number of fused-ring (bicyclic) bond motifs is 1. The van der Waals surface area contributed by atoms with Crippen LogP contribution in [0.5, 0.6) is 0 Å². The maximum absolute atomic E-state index is 12.8. The molecule has 4 rings (SSSR count). The molecule has 174 valence electrons. The first-order chi connectivity index (χ1) is 16.1. The summed E-state index contributed by atoms with van der Waals surface area (Å²) < 4.78 is 0. The second kappa shape index (κ2) is 10.6. The van der Waals surface area contributed by atoms with Crippen molar-refractivity contribution < 1.29 is 4.79 Å². The lowest BCUT2D eigenvalue weighted by atomic mass is 10.1. The van der Waals surface area contributed by atoms with Crippen LogP contribution in [0.2, 0.25) is 0 Å². The van der Waals surface area contributed by atoms with Crippen LogP contribution in [0, 0.1) is 0 Å². The summed E-state index contributed by atoms with van der Waals surface area (Å²) in [6, 6.07) is 11.5. The minimum Gasteiger partial charge on any atom is -0.810 e. The zero-order chi connectivity index (χ0) is 23.2. The van der Waals surface area contributed by atoms with Crippen LogP contribution in [-0.2, 0) is 6.54 Å². The number of hydrogen-bond acceptors (Lipinski definition) is 5. The second-order valence-electron chi connectivity index (χ2n) is 8.54. The average molecular weight is 447 g/mol. The third-order valence-corrected chi connectivity index (χ3v) is 6.15. The number of amides is 1. The molecule has 0 unspecified atom stereocenters. The molecule has 0 saturated carbocycles. The largest absolute Gasteiger partial charge is 0.810 e. The Morgan fingerprint density at radius 3 is 2.91 bits per heavy atom. The fourth-order valence-electron chi connectivity index (χ4n) is 4.27. The number of aromatic nitrogens is 2. The summed E-state index contributed by atoms with van der Waals surface area (Å²) in [6.45, 7) is 8.68. The summed E-state index contributed by atoms with van der Waals surface area (Å²) in [7, 11) is 0. The highest BCUT2D eigenvalue weighted by molar-refractivity contribution is 6.06. The molecule has 3 aromatic rings. The van der Waals surface area contributed by atoms with E-state index in [9.17, 15) is 10.2 Å². The Bertz CT molecular complexity index is 1120. The van der Waals surface area contributed by atoms with E-state index in [0.717, 1.165) is 61.5 Å². The molecule has 1 aliphatic rings. The molecular formula is C25H32N7O-. The maximum Gasteiger partial charge on any atom is 0.255 e. The first kappa shape index (κ1) is 22.9. The Labute approximate surface area is 194 Å². The highest BCUT2D eigenvalue weighted by Gasteiger charge is 2.21. The number of imidazole rings is 1. The summed E-state index contributed by atoms with van der Waals surface area (Å²) in [4.78, 5) is 23.4. The van der Waals surface area contributed by atoms with Crippen LogP contribution in [0.4, 0.5) is 11.4 Å². The molecule has 2 heterocycles. The number of H-pyrrole nitrogens is 1. The molecule has 1 aliphatic heterocycles. The van der Waals surface area contributed by atoms with Gasteiger partial charge in [-0.2, -0.15) is 6.21 Å². The molecule has 0 radical (unpaired) electrons. The summed E-state index contributed by atoms with van der Waals surface area (Å²) in [5, 5.41) is 19.1. The molecule has 1 aromatic heterocycles. The molecule has 8 nitrogen and oxygen atoms in total. The summed E-state index contributed by atoms with van der Waals surface area (Å²) in [6.07, 6.45) is 3.49. The molecule has 0 aliphatic carbocycles. The number of carbonyl (C=O) groups is 1. The monoisotopic (exact) mass is 446 g/mol. The van der Waals surface area contributed by atoms with Crippen molar-refractivity contribution in [3.05, 3.63) is 58.8 Å². The number of likely N-dealkylation sites (N-methyl/N-ethyl adjacent to an activating group) is 1. The quantitative estimate of drug-likeness (QED) is 0.280. The lowest BCUT2D eigenvalue weighted by Gasteiger charge is -2.19. The van der Waals surface area contributed by atoms with Crippen molar-refractivity contribution in [1.82, 2.24) is 20.2 Å². The molecule has 1 saturated heterocycles. The Hall–Kier alpha value is -3.23. The van der Waals surface area contributed by atoms with Crippen molar-refractivity contribution in [2.45, 2.75) is 39.3 Å². The van der Waals surface area contributed by atoms with Gasteiger partial charge in [0.15, 0.2) is 0 Å². The number of carbonyl (C=O) groups excluding carboxylic acids is 1. The lowest BCUT2D eigenvalue weighted by Crippen LogP contribution is -2.26. The van der Waals surface area contributed by atoms with E-state index in [0.29, 0.717) is 22.9 Å². The van der Waals surface area contributed by atoms with Gasteiger partial charge in [-0.15, -0.1) is 0 Å². The number of rotatable bonds is 10. The normalized spacial score (nSPS) is 16.2. The van der Waals surface area contributed by atoms with Crippen molar-refractivity contribution in [2.24, 2.45) is 0 Å². The van der Waals surface area contributed by atoms with Gasteiger partial charge in [0.25, 0.3) is 5.91 Å². The second-order valence-corrected chi connectivity index (χ2v) is 8.54. The van der Waals surface area contributed by atoms with Crippen LogP contribution in [-0.4, -0.2) is 59.2 Å². The van der Waals surface area contributed by atoms with E-state index in [1.807, 2.05) is 24.3 Å². The number of anilines is 2. The Kier molecular flexibility index (Phi) is 7.36. The van der Waals surface area contributed by atoms with E-state index < -0.39 is 0 Å². The van der Waals surface area contributed by atoms with Gasteiger partial charge in [-0.25, -0.2) is 4.98 Å². The Balaban J connectivity index is 1.43. The van der Waals surface area contributed by atoms with Crippen molar-refractivity contribution in [1.29, 1.82) is 0 Å². The lowest BCUT2D eigenvalue weighted by molar-refractivity contribution is 0.102. The first-order valence-corrected chi connectivity index (χ1v) is 11.7. The van der Waals surface area contributed by atoms with Crippen molar-refractivity contribution in [3.8, 4) is 0 Å². The molecule has 0 bridgehead atoms. The minimum absolute atomic E-state index is 0.234. The number of nitrogens with zero attached hydrogens (tertiary/aromatic N) is 3. The van der Waals surface area contributed by atoms with E-state index in [1.54, 1.807) is 12.1 Å². The smallest absolute Gasteiger partial charge is 0.255 e. The van der Waals surface area contributed by atoms with Crippen molar-refractivity contribution in [3.63, 3.8) is 0 Å². The van der Waals surface area contributed by atoms with Gasteiger partial charge in [0, 0.05) is 36.1 Å². The molecule has 1 amide bonds.